The maximum atomic E-state index is 9.35. The lowest BCUT2D eigenvalue weighted by atomic mass is 9.95. The molecule has 0 aromatic carbocycles. The summed E-state index contributed by atoms with van der Waals surface area (Å²) in [5.74, 6) is 1.08. The minimum atomic E-state index is -0.468. The molecule has 1 N–H and O–H groups in total. The molecule has 0 amide bonds. The van der Waals surface area contributed by atoms with Gasteiger partial charge in [-0.25, -0.2) is 4.98 Å². The minimum absolute atomic E-state index is 0.274. The van der Waals surface area contributed by atoms with Crippen LogP contribution < -0.4 is 5.32 Å². The second-order valence-corrected chi connectivity index (χ2v) is 5.03. The van der Waals surface area contributed by atoms with E-state index in [4.69, 9.17) is 0 Å². The number of nitriles is 1. The van der Waals surface area contributed by atoms with Crippen LogP contribution in [0.1, 0.15) is 52.4 Å². The summed E-state index contributed by atoms with van der Waals surface area (Å²) in [6.45, 7) is 9.21. The van der Waals surface area contributed by atoms with Gasteiger partial charge in [-0.2, -0.15) is 5.26 Å². The molecule has 0 radical (unpaired) electrons. The van der Waals surface area contributed by atoms with Crippen molar-refractivity contribution in [2.75, 3.05) is 6.54 Å². The summed E-state index contributed by atoms with van der Waals surface area (Å²) in [6.07, 6.45) is 6.58. The Balaban J connectivity index is 2.73. The van der Waals surface area contributed by atoms with Gasteiger partial charge in [-0.05, 0) is 33.2 Å². The zero-order chi connectivity index (χ0) is 13.6. The predicted octanol–water partition coefficient (Wildman–Crippen LogP) is 2.68. The SMILES string of the molecule is CCCNC(C)(C#N)CC(C)n1ccnc1CC. The summed E-state index contributed by atoms with van der Waals surface area (Å²) in [7, 11) is 0. The Bertz CT molecular complexity index is 404. The lowest BCUT2D eigenvalue weighted by Gasteiger charge is -2.28. The topological polar surface area (TPSA) is 53.6 Å². The van der Waals surface area contributed by atoms with Crippen LogP contribution in [-0.4, -0.2) is 21.6 Å². The number of hydrogen-bond donors (Lipinski definition) is 1. The van der Waals surface area contributed by atoms with E-state index in [2.05, 4.69) is 41.7 Å². The van der Waals surface area contributed by atoms with Crippen molar-refractivity contribution < 1.29 is 0 Å². The average Bonchev–Trinajstić information content (AvgIpc) is 2.84. The molecule has 0 spiro atoms. The fourth-order valence-corrected chi connectivity index (χ4v) is 2.27. The van der Waals surface area contributed by atoms with Gasteiger partial charge in [0.05, 0.1) is 6.07 Å². The molecular weight excluding hydrogens is 224 g/mol. The predicted molar refractivity (Wildman–Crippen MR) is 73.2 cm³/mol. The summed E-state index contributed by atoms with van der Waals surface area (Å²) in [5.41, 5.74) is -0.468. The summed E-state index contributed by atoms with van der Waals surface area (Å²) in [4.78, 5) is 4.33. The second kappa shape index (κ2) is 6.55. The molecule has 0 aliphatic rings. The molecule has 2 atom stereocenters. The maximum Gasteiger partial charge on any atom is 0.108 e. The third kappa shape index (κ3) is 3.58. The van der Waals surface area contributed by atoms with Crippen molar-refractivity contribution >= 4 is 0 Å². The van der Waals surface area contributed by atoms with Gasteiger partial charge in [-0.1, -0.05) is 13.8 Å². The summed E-state index contributed by atoms with van der Waals surface area (Å²) in [5, 5.41) is 12.7. The van der Waals surface area contributed by atoms with Crippen molar-refractivity contribution in [1.82, 2.24) is 14.9 Å². The van der Waals surface area contributed by atoms with Crippen molar-refractivity contribution in [3.63, 3.8) is 0 Å². The van der Waals surface area contributed by atoms with Gasteiger partial charge in [0.25, 0.3) is 0 Å². The van der Waals surface area contributed by atoms with Crippen molar-refractivity contribution in [2.24, 2.45) is 0 Å². The van der Waals surface area contributed by atoms with Gasteiger partial charge in [-0.3, -0.25) is 5.32 Å². The first-order valence-electron chi connectivity index (χ1n) is 6.74. The quantitative estimate of drug-likeness (QED) is 0.807. The van der Waals surface area contributed by atoms with Crippen LogP contribution in [0, 0.1) is 11.3 Å². The van der Waals surface area contributed by atoms with Crippen molar-refractivity contribution in [3.8, 4) is 6.07 Å². The normalized spacial score (nSPS) is 15.9. The van der Waals surface area contributed by atoms with Crippen molar-refractivity contribution in [2.45, 2.75) is 58.5 Å². The molecule has 0 aliphatic heterocycles. The van der Waals surface area contributed by atoms with Crippen molar-refractivity contribution in [3.05, 3.63) is 18.2 Å². The zero-order valence-electron chi connectivity index (χ0n) is 11.9. The Hall–Kier alpha value is -1.34. The van der Waals surface area contributed by atoms with Gasteiger partial charge >= 0.3 is 0 Å². The molecule has 1 heterocycles. The number of nitrogens with zero attached hydrogens (tertiary/aromatic N) is 3. The number of imidazole rings is 1. The molecule has 2 unspecified atom stereocenters. The molecule has 0 fully saturated rings. The Kier molecular flexibility index (Phi) is 5.36. The third-order valence-corrected chi connectivity index (χ3v) is 3.26. The molecule has 1 rings (SSSR count). The van der Waals surface area contributed by atoms with Crippen LogP contribution in [-0.2, 0) is 6.42 Å². The molecule has 0 saturated carbocycles. The molecule has 0 aliphatic carbocycles. The van der Waals surface area contributed by atoms with E-state index >= 15 is 0 Å². The number of rotatable bonds is 7. The largest absolute Gasteiger partial charge is 0.332 e. The first kappa shape index (κ1) is 14.7. The third-order valence-electron chi connectivity index (χ3n) is 3.26. The summed E-state index contributed by atoms with van der Waals surface area (Å²) in [6, 6.07) is 2.67. The Morgan fingerprint density at radius 2 is 2.28 bits per heavy atom. The van der Waals surface area contributed by atoms with E-state index in [1.165, 1.54) is 0 Å². The number of hydrogen-bond acceptors (Lipinski definition) is 3. The molecule has 18 heavy (non-hydrogen) atoms. The van der Waals surface area contributed by atoms with E-state index in [0.29, 0.717) is 0 Å². The molecule has 1 aromatic rings. The number of aromatic nitrogens is 2. The Labute approximate surface area is 110 Å². The van der Waals surface area contributed by atoms with Gasteiger partial charge in [0, 0.05) is 24.9 Å². The van der Waals surface area contributed by atoms with E-state index < -0.39 is 5.54 Å². The van der Waals surface area contributed by atoms with Crippen LogP contribution in [0.25, 0.3) is 0 Å². The molecule has 4 nitrogen and oxygen atoms in total. The highest BCUT2D eigenvalue weighted by Crippen LogP contribution is 2.22. The van der Waals surface area contributed by atoms with Gasteiger partial charge in [0.1, 0.15) is 11.4 Å². The van der Waals surface area contributed by atoms with E-state index in [-0.39, 0.29) is 6.04 Å². The zero-order valence-corrected chi connectivity index (χ0v) is 11.9. The molecule has 1 aromatic heterocycles. The lowest BCUT2D eigenvalue weighted by molar-refractivity contribution is 0.344. The van der Waals surface area contributed by atoms with Gasteiger partial charge < -0.3 is 4.57 Å². The average molecular weight is 248 g/mol. The molecule has 0 bridgehead atoms. The summed E-state index contributed by atoms with van der Waals surface area (Å²) < 4.78 is 2.17. The van der Waals surface area contributed by atoms with Crippen LogP contribution in [0.3, 0.4) is 0 Å². The van der Waals surface area contributed by atoms with Crippen molar-refractivity contribution in [1.29, 1.82) is 5.26 Å². The highest BCUT2D eigenvalue weighted by atomic mass is 15.1. The molecular formula is C14H24N4. The summed E-state index contributed by atoms with van der Waals surface area (Å²) >= 11 is 0. The fourth-order valence-electron chi connectivity index (χ4n) is 2.27. The monoisotopic (exact) mass is 248 g/mol. The van der Waals surface area contributed by atoms with Gasteiger partial charge in [-0.15, -0.1) is 0 Å². The maximum absolute atomic E-state index is 9.35. The van der Waals surface area contributed by atoms with Crippen LogP contribution in [0.2, 0.25) is 0 Å². The molecule has 4 heteroatoms. The van der Waals surface area contributed by atoms with E-state index in [0.717, 1.165) is 31.6 Å². The first-order valence-corrected chi connectivity index (χ1v) is 6.74. The van der Waals surface area contributed by atoms with E-state index in [9.17, 15) is 5.26 Å². The number of aryl methyl sites for hydroxylation is 1. The molecule has 100 valence electrons. The smallest absolute Gasteiger partial charge is 0.108 e. The lowest BCUT2D eigenvalue weighted by Crippen LogP contribution is -2.43. The molecule has 0 saturated heterocycles. The first-order chi connectivity index (χ1) is 8.56. The number of nitrogens with one attached hydrogen (secondary N) is 1. The van der Waals surface area contributed by atoms with Gasteiger partial charge in [0.2, 0.25) is 0 Å². The fraction of sp³-hybridized carbons (Fsp3) is 0.714. The van der Waals surface area contributed by atoms with Gasteiger partial charge in [0.15, 0.2) is 0 Å². The van der Waals surface area contributed by atoms with E-state index in [1.807, 2.05) is 19.3 Å². The minimum Gasteiger partial charge on any atom is -0.332 e. The Morgan fingerprint density at radius 1 is 1.56 bits per heavy atom. The van der Waals surface area contributed by atoms with Crippen LogP contribution in [0.4, 0.5) is 0 Å². The second-order valence-electron chi connectivity index (χ2n) is 5.03. The van der Waals surface area contributed by atoms with Crippen LogP contribution in [0.5, 0.6) is 0 Å². The highest BCUT2D eigenvalue weighted by molar-refractivity contribution is 5.06. The van der Waals surface area contributed by atoms with Crippen LogP contribution in [0.15, 0.2) is 12.4 Å². The highest BCUT2D eigenvalue weighted by Gasteiger charge is 2.26. The van der Waals surface area contributed by atoms with Crippen LogP contribution >= 0.6 is 0 Å². The Morgan fingerprint density at radius 3 is 2.83 bits per heavy atom. The van der Waals surface area contributed by atoms with E-state index in [1.54, 1.807) is 0 Å². The standard InChI is InChI=1S/C14H24N4/c1-5-7-17-14(4,11-15)10-12(3)18-9-8-16-13(18)6-2/h8-9,12,17H,5-7,10H2,1-4H3.